The second kappa shape index (κ2) is 6.98. The maximum Gasteiger partial charge on any atom is 0.284 e. The zero-order valence-corrected chi connectivity index (χ0v) is 10.5. The molecule has 1 unspecified atom stereocenters. The van der Waals surface area contributed by atoms with Crippen LogP contribution in [0.25, 0.3) is 0 Å². The maximum absolute atomic E-state index is 11.8. The van der Waals surface area contributed by atoms with Crippen LogP contribution in [0.3, 0.4) is 0 Å². The predicted molar refractivity (Wildman–Crippen MR) is 68.1 cm³/mol. The molecule has 8 nitrogen and oxygen atoms in total. The molecule has 1 atom stereocenters. The van der Waals surface area contributed by atoms with Gasteiger partial charge in [0.25, 0.3) is 11.8 Å². The van der Waals surface area contributed by atoms with E-state index >= 15 is 0 Å². The summed E-state index contributed by atoms with van der Waals surface area (Å²) >= 11 is 0. The van der Waals surface area contributed by atoms with E-state index in [1.807, 2.05) is 0 Å². The number of nitrogens with two attached hydrogens (primary N) is 2. The summed E-state index contributed by atoms with van der Waals surface area (Å²) in [4.78, 5) is 48.4. The summed E-state index contributed by atoms with van der Waals surface area (Å²) in [5, 5.41) is 2.37. The molecule has 0 radical (unpaired) electrons. The van der Waals surface area contributed by atoms with Crippen LogP contribution in [0.15, 0.2) is 24.5 Å². The van der Waals surface area contributed by atoms with Crippen LogP contribution in [0.2, 0.25) is 0 Å². The van der Waals surface area contributed by atoms with Gasteiger partial charge in [0.2, 0.25) is 11.7 Å². The van der Waals surface area contributed by atoms with E-state index in [0.717, 1.165) is 0 Å². The molecule has 0 saturated heterocycles. The SMILES string of the molecule is NC(=O)C(=O)CCC(NC(=O)c1cccnc1)C(N)=O. The smallest absolute Gasteiger partial charge is 0.284 e. The van der Waals surface area contributed by atoms with Gasteiger partial charge in [-0.1, -0.05) is 0 Å². The lowest BCUT2D eigenvalue weighted by molar-refractivity contribution is -0.136. The van der Waals surface area contributed by atoms with Crippen molar-refractivity contribution < 1.29 is 19.2 Å². The van der Waals surface area contributed by atoms with E-state index in [-0.39, 0.29) is 18.4 Å². The number of carbonyl (C=O) groups excluding carboxylic acids is 4. The Hall–Kier alpha value is -2.77. The highest BCUT2D eigenvalue weighted by Crippen LogP contribution is 2.02. The van der Waals surface area contributed by atoms with Crippen LogP contribution in [0.1, 0.15) is 23.2 Å². The van der Waals surface area contributed by atoms with Crippen LogP contribution >= 0.6 is 0 Å². The molecule has 0 bridgehead atoms. The number of primary amides is 2. The molecule has 0 spiro atoms. The Balaban J connectivity index is 2.64. The Morgan fingerprint density at radius 3 is 2.45 bits per heavy atom. The molecule has 1 aromatic heterocycles. The average molecular weight is 278 g/mol. The highest BCUT2D eigenvalue weighted by molar-refractivity contribution is 6.35. The van der Waals surface area contributed by atoms with Gasteiger partial charge in [0.15, 0.2) is 0 Å². The standard InChI is InChI=1S/C12H14N4O4/c13-10(18)8(3-4-9(17)11(14)19)16-12(20)7-2-1-5-15-6-7/h1-2,5-6,8H,3-4H2,(H2,13,18)(H2,14,19)(H,16,20). The quantitative estimate of drug-likeness (QED) is 0.519. The Kier molecular flexibility index (Phi) is 5.33. The lowest BCUT2D eigenvalue weighted by Crippen LogP contribution is -2.45. The van der Waals surface area contributed by atoms with Crippen molar-refractivity contribution in [2.75, 3.05) is 0 Å². The third-order valence-corrected chi connectivity index (χ3v) is 2.51. The van der Waals surface area contributed by atoms with Crippen molar-refractivity contribution in [1.29, 1.82) is 0 Å². The summed E-state index contributed by atoms with van der Waals surface area (Å²) in [6.45, 7) is 0. The van der Waals surface area contributed by atoms with E-state index in [1.165, 1.54) is 18.5 Å². The largest absolute Gasteiger partial charge is 0.368 e. The minimum absolute atomic E-state index is 0.0941. The summed E-state index contributed by atoms with van der Waals surface area (Å²) in [6.07, 6.45) is 2.45. The fourth-order valence-corrected chi connectivity index (χ4v) is 1.42. The van der Waals surface area contributed by atoms with E-state index in [2.05, 4.69) is 10.3 Å². The second-order valence-corrected chi connectivity index (χ2v) is 4.00. The number of pyridine rings is 1. The molecule has 5 N–H and O–H groups in total. The fourth-order valence-electron chi connectivity index (χ4n) is 1.42. The van der Waals surface area contributed by atoms with Gasteiger partial charge in [-0.25, -0.2) is 0 Å². The second-order valence-electron chi connectivity index (χ2n) is 4.00. The number of hydrogen-bond donors (Lipinski definition) is 3. The Labute approximate surface area is 114 Å². The summed E-state index contributed by atoms with van der Waals surface area (Å²) in [6, 6.07) is 2.01. The molecule has 0 aliphatic rings. The fraction of sp³-hybridized carbons (Fsp3) is 0.250. The maximum atomic E-state index is 11.8. The van der Waals surface area contributed by atoms with Gasteiger partial charge in [0.05, 0.1) is 5.56 Å². The summed E-state index contributed by atoms with van der Waals surface area (Å²) in [5.74, 6) is -3.27. The van der Waals surface area contributed by atoms with Gasteiger partial charge in [0.1, 0.15) is 6.04 Å². The zero-order valence-electron chi connectivity index (χ0n) is 10.5. The Morgan fingerprint density at radius 2 is 1.95 bits per heavy atom. The van der Waals surface area contributed by atoms with Crippen molar-refractivity contribution in [1.82, 2.24) is 10.3 Å². The van der Waals surface area contributed by atoms with E-state index in [4.69, 9.17) is 11.5 Å². The van der Waals surface area contributed by atoms with E-state index < -0.39 is 29.5 Å². The van der Waals surface area contributed by atoms with Crippen molar-refractivity contribution in [3.05, 3.63) is 30.1 Å². The lowest BCUT2D eigenvalue weighted by atomic mass is 10.1. The van der Waals surface area contributed by atoms with Gasteiger partial charge < -0.3 is 16.8 Å². The number of aromatic nitrogens is 1. The van der Waals surface area contributed by atoms with Crippen LogP contribution in [0, 0.1) is 0 Å². The van der Waals surface area contributed by atoms with Crippen LogP contribution < -0.4 is 16.8 Å². The van der Waals surface area contributed by atoms with E-state index in [0.29, 0.717) is 0 Å². The third-order valence-electron chi connectivity index (χ3n) is 2.51. The van der Waals surface area contributed by atoms with Crippen molar-refractivity contribution in [2.45, 2.75) is 18.9 Å². The van der Waals surface area contributed by atoms with Crippen LogP contribution in [0.4, 0.5) is 0 Å². The zero-order chi connectivity index (χ0) is 15.1. The number of amides is 3. The highest BCUT2D eigenvalue weighted by Gasteiger charge is 2.21. The molecule has 0 aliphatic heterocycles. The van der Waals surface area contributed by atoms with Crippen molar-refractivity contribution in [3.8, 4) is 0 Å². The van der Waals surface area contributed by atoms with E-state index in [9.17, 15) is 19.2 Å². The monoisotopic (exact) mass is 278 g/mol. The predicted octanol–water partition coefficient (Wildman–Crippen LogP) is -1.50. The Bertz CT molecular complexity index is 530. The summed E-state index contributed by atoms with van der Waals surface area (Å²) in [7, 11) is 0. The molecule has 1 heterocycles. The van der Waals surface area contributed by atoms with Gasteiger partial charge in [0, 0.05) is 18.8 Å². The first-order valence-corrected chi connectivity index (χ1v) is 5.74. The minimum atomic E-state index is -1.09. The normalized spacial score (nSPS) is 11.4. The number of rotatable bonds is 7. The minimum Gasteiger partial charge on any atom is -0.368 e. The van der Waals surface area contributed by atoms with Crippen molar-refractivity contribution in [2.24, 2.45) is 11.5 Å². The number of nitrogens with zero attached hydrogens (tertiary/aromatic N) is 1. The van der Waals surface area contributed by atoms with Gasteiger partial charge in [-0.05, 0) is 18.6 Å². The van der Waals surface area contributed by atoms with Crippen molar-refractivity contribution in [3.63, 3.8) is 0 Å². The van der Waals surface area contributed by atoms with Crippen molar-refractivity contribution >= 4 is 23.5 Å². The number of Topliss-reactive ketones (excluding diaryl/α,β-unsaturated/α-hetero) is 1. The van der Waals surface area contributed by atoms with E-state index in [1.54, 1.807) is 6.07 Å². The summed E-state index contributed by atoms with van der Waals surface area (Å²) < 4.78 is 0. The highest BCUT2D eigenvalue weighted by atomic mass is 16.2. The molecule has 20 heavy (non-hydrogen) atoms. The van der Waals surface area contributed by atoms with Crippen LogP contribution in [0.5, 0.6) is 0 Å². The number of ketones is 1. The first-order valence-electron chi connectivity index (χ1n) is 5.74. The molecular weight excluding hydrogens is 264 g/mol. The molecule has 0 fully saturated rings. The number of hydrogen-bond acceptors (Lipinski definition) is 5. The first kappa shape index (κ1) is 15.3. The molecule has 8 heteroatoms. The lowest BCUT2D eigenvalue weighted by Gasteiger charge is -2.14. The van der Waals surface area contributed by atoms with Crippen LogP contribution in [-0.4, -0.2) is 34.5 Å². The summed E-state index contributed by atoms with van der Waals surface area (Å²) in [5.41, 5.74) is 10.2. The average Bonchev–Trinajstić information content (AvgIpc) is 2.43. The molecule has 1 aromatic rings. The first-order chi connectivity index (χ1) is 9.41. The van der Waals surface area contributed by atoms with Gasteiger partial charge >= 0.3 is 0 Å². The molecule has 106 valence electrons. The molecule has 1 rings (SSSR count). The topological polar surface area (TPSA) is 145 Å². The van der Waals surface area contributed by atoms with Gasteiger partial charge in [-0.15, -0.1) is 0 Å². The molecule has 0 aliphatic carbocycles. The van der Waals surface area contributed by atoms with Gasteiger partial charge in [-0.2, -0.15) is 0 Å². The molecule has 3 amide bonds. The molecule has 0 saturated carbocycles. The van der Waals surface area contributed by atoms with Crippen LogP contribution in [-0.2, 0) is 14.4 Å². The number of carbonyl (C=O) groups is 4. The third kappa shape index (κ3) is 4.48. The van der Waals surface area contributed by atoms with Gasteiger partial charge in [-0.3, -0.25) is 24.2 Å². The number of nitrogens with one attached hydrogen (secondary N) is 1. The Morgan fingerprint density at radius 1 is 1.25 bits per heavy atom. The molecular formula is C12H14N4O4. The molecule has 0 aromatic carbocycles.